The molecule has 2 saturated heterocycles. The third-order valence-electron chi connectivity index (χ3n) is 5.08. The largest absolute Gasteiger partial charge is 0.378 e. The number of aryl methyl sites for hydroxylation is 1. The first-order chi connectivity index (χ1) is 12.7. The molecule has 1 unspecified atom stereocenters. The van der Waals surface area contributed by atoms with Crippen LogP contribution < -0.4 is 10.3 Å². The first-order valence-electron chi connectivity index (χ1n) is 9.28. The highest BCUT2D eigenvalue weighted by molar-refractivity contribution is 5.30. The second-order valence-corrected chi connectivity index (χ2v) is 7.03. The Morgan fingerprint density at radius 2 is 2.12 bits per heavy atom. The SMILES string of the molecule is Cc1cc(=O)cc(C2CCCN2Cc2ccnc(N3CCOCC3)n2)[nH]1. The number of hydrogen-bond donors (Lipinski definition) is 1. The van der Waals surface area contributed by atoms with E-state index in [1.54, 1.807) is 12.1 Å². The van der Waals surface area contributed by atoms with Crippen molar-refractivity contribution in [3.8, 4) is 0 Å². The summed E-state index contributed by atoms with van der Waals surface area (Å²) in [5, 5.41) is 0. The average molecular weight is 355 g/mol. The van der Waals surface area contributed by atoms with Gasteiger partial charge in [-0.3, -0.25) is 9.69 Å². The second kappa shape index (κ2) is 7.55. The van der Waals surface area contributed by atoms with Crippen LogP contribution in [0.4, 0.5) is 5.95 Å². The van der Waals surface area contributed by atoms with Gasteiger partial charge in [0.2, 0.25) is 5.95 Å². The van der Waals surface area contributed by atoms with Crippen molar-refractivity contribution in [2.75, 3.05) is 37.7 Å². The summed E-state index contributed by atoms with van der Waals surface area (Å²) in [5.41, 5.74) is 3.01. The minimum absolute atomic E-state index is 0.0692. The van der Waals surface area contributed by atoms with Gasteiger partial charge in [-0.05, 0) is 32.4 Å². The molecule has 0 amide bonds. The van der Waals surface area contributed by atoms with Crippen LogP contribution in [0, 0.1) is 6.92 Å². The molecule has 7 heteroatoms. The third-order valence-corrected chi connectivity index (χ3v) is 5.08. The van der Waals surface area contributed by atoms with E-state index in [2.05, 4.69) is 19.8 Å². The van der Waals surface area contributed by atoms with E-state index in [0.717, 1.165) is 75.3 Å². The number of likely N-dealkylation sites (tertiary alicyclic amines) is 1. The summed E-state index contributed by atoms with van der Waals surface area (Å²) in [6.07, 6.45) is 4.02. The fourth-order valence-electron chi connectivity index (χ4n) is 3.85. The van der Waals surface area contributed by atoms with Gasteiger partial charge in [-0.25, -0.2) is 9.97 Å². The van der Waals surface area contributed by atoms with Gasteiger partial charge in [0.25, 0.3) is 0 Å². The van der Waals surface area contributed by atoms with E-state index < -0.39 is 0 Å². The van der Waals surface area contributed by atoms with Crippen LogP contribution in [-0.2, 0) is 11.3 Å². The van der Waals surface area contributed by atoms with Gasteiger partial charge in [-0.15, -0.1) is 0 Å². The van der Waals surface area contributed by atoms with Gasteiger partial charge in [0.05, 0.1) is 24.9 Å². The predicted molar refractivity (Wildman–Crippen MR) is 99.2 cm³/mol. The summed E-state index contributed by atoms with van der Waals surface area (Å²) >= 11 is 0. The quantitative estimate of drug-likeness (QED) is 0.899. The number of nitrogens with one attached hydrogen (secondary N) is 1. The number of aromatic nitrogens is 3. The molecule has 1 N–H and O–H groups in total. The molecule has 4 rings (SSSR count). The van der Waals surface area contributed by atoms with E-state index in [1.807, 2.05) is 19.2 Å². The summed E-state index contributed by atoms with van der Waals surface area (Å²) in [5.74, 6) is 0.783. The molecule has 2 aromatic rings. The molecule has 1 atom stereocenters. The van der Waals surface area contributed by atoms with Crippen LogP contribution in [0.2, 0.25) is 0 Å². The molecule has 4 heterocycles. The Labute approximate surface area is 153 Å². The lowest BCUT2D eigenvalue weighted by Gasteiger charge is -2.28. The fourth-order valence-corrected chi connectivity index (χ4v) is 3.85. The van der Waals surface area contributed by atoms with Crippen molar-refractivity contribution in [3.63, 3.8) is 0 Å². The topological polar surface area (TPSA) is 74.3 Å². The van der Waals surface area contributed by atoms with Crippen molar-refractivity contribution in [2.24, 2.45) is 0 Å². The van der Waals surface area contributed by atoms with E-state index in [9.17, 15) is 4.79 Å². The molecule has 26 heavy (non-hydrogen) atoms. The molecular weight excluding hydrogens is 330 g/mol. The van der Waals surface area contributed by atoms with Crippen molar-refractivity contribution in [3.05, 3.63) is 51.7 Å². The Bertz CT molecular complexity index is 816. The molecule has 0 radical (unpaired) electrons. The van der Waals surface area contributed by atoms with Crippen molar-refractivity contribution < 1.29 is 4.74 Å². The van der Waals surface area contributed by atoms with E-state index >= 15 is 0 Å². The molecule has 2 aliphatic heterocycles. The number of H-pyrrole nitrogens is 1. The lowest BCUT2D eigenvalue weighted by atomic mass is 10.1. The first-order valence-corrected chi connectivity index (χ1v) is 9.28. The summed E-state index contributed by atoms with van der Waals surface area (Å²) in [6.45, 7) is 6.83. The predicted octanol–water partition coefficient (Wildman–Crippen LogP) is 1.65. The minimum Gasteiger partial charge on any atom is -0.378 e. The summed E-state index contributed by atoms with van der Waals surface area (Å²) < 4.78 is 5.41. The highest BCUT2D eigenvalue weighted by Gasteiger charge is 2.27. The van der Waals surface area contributed by atoms with Crippen LogP contribution in [0.3, 0.4) is 0 Å². The molecule has 0 aliphatic carbocycles. The highest BCUT2D eigenvalue weighted by Crippen LogP contribution is 2.31. The van der Waals surface area contributed by atoms with Crippen molar-refractivity contribution in [1.82, 2.24) is 19.9 Å². The first kappa shape index (κ1) is 17.2. The van der Waals surface area contributed by atoms with Crippen LogP contribution in [-0.4, -0.2) is 52.7 Å². The summed E-state index contributed by atoms with van der Waals surface area (Å²) in [7, 11) is 0. The Kier molecular flexibility index (Phi) is 4.99. The molecule has 0 bridgehead atoms. The van der Waals surface area contributed by atoms with Gasteiger partial charge in [0.15, 0.2) is 5.43 Å². The third kappa shape index (κ3) is 3.78. The summed E-state index contributed by atoms with van der Waals surface area (Å²) in [6, 6.07) is 5.60. The van der Waals surface area contributed by atoms with Gasteiger partial charge in [0, 0.05) is 49.4 Å². The Morgan fingerprint density at radius 3 is 2.92 bits per heavy atom. The number of aromatic amines is 1. The molecular formula is C19H25N5O2. The monoisotopic (exact) mass is 355 g/mol. The normalized spacial score (nSPS) is 21.3. The minimum atomic E-state index is 0.0692. The number of ether oxygens (including phenoxy) is 1. The summed E-state index contributed by atoms with van der Waals surface area (Å²) in [4.78, 5) is 29.0. The molecule has 0 saturated carbocycles. The number of hydrogen-bond acceptors (Lipinski definition) is 6. The van der Waals surface area contributed by atoms with Gasteiger partial charge in [0.1, 0.15) is 0 Å². The second-order valence-electron chi connectivity index (χ2n) is 7.03. The molecule has 138 valence electrons. The van der Waals surface area contributed by atoms with Crippen LogP contribution >= 0.6 is 0 Å². The van der Waals surface area contributed by atoms with Gasteiger partial charge in [-0.1, -0.05) is 0 Å². The van der Waals surface area contributed by atoms with Gasteiger partial charge < -0.3 is 14.6 Å². The van der Waals surface area contributed by atoms with Crippen molar-refractivity contribution in [1.29, 1.82) is 0 Å². The Hall–Kier alpha value is -2.25. The maximum absolute atomic E-state index is 11.9. The maximum atomic E-state index is 11.9. The Morgan fingerprint density at radius 1 is 1.27 bits per heavy atom. The zero-order valence-corrected chi connectivity index (χ0v) is 15.1. The van der Waals surface area contributed by atoms with Crippen LogP contribution in [0.1, 0.15) is 36.0 Å². The molecule has 2 aromatic heterocycles. The number of nitrogens with zero attached hydrogens (tertiary/aromatic N) is 4. The maximum Gasteiger partial charge on any atom is 0.225 e. The molecule has 2 fully saturated rings. The number of anilines is 1. The van der Waals surface area contributed by atoms with Crippen molar-refractivity contribution in [2.45, 2.75) is 32.4 Å². The van der Waals surface area contributed by atoms with Crippen LogP contribution in [0.25, 0.3) is 0 Å². The van der Waals surface area contributed by atoms with E-state index in [0.29, 0.717) is 0 Å². The highest BCUT2D eigenvalue weighted by atomic mass is 16.5. The smallest absolute Gasteiger partial charge is 0.225 e. The zero-order chi connectivity index (χ0) is 17.9. The van der Waals surface area contributed by atoms with E-state index in [-0.39, 0.29) is 11.5 Å². The average Bonchev–Trinajstić information content (AvgIpc) is 3.10. The van der Waals surface area contributed by atoms with Crippen molar-refractivity contribution >= 4 is 5.95 Å². The zero-order valence-electron chi connectivity index (χ0n) is 15.1. The molecule has 2 aliphatic rings. The number of morpholine rings is 1. The van der Waals surface area contributed by atoms with E-state index in [1.165, 1.54) is 0 Å². The number of rotatable bonds is 4. The molecule has 7 nitrogen and oxygen atoms in total. The van der Waals surface area contributed by atoms with E-state index in [4.69, 9.17) is 9.72 Å². The number of pyridine rings is 1. The molecule has 0 spiro atoms. The molecule has 0 aromatic carbocycles. The van der Waals surface area contributed by atoms with Crippen LogP contribution in [0.5, 0.6) is 0 Å². The Balaban J connectivity index is 1.51. The standard InChI is InChI=1S/C19H25N5O2/c1-14-11-16(25)12-17(21-14)18-3-2-6-24(18)13-15-4-5-20-19(22-15)23-7-9-26-10-8-23/h4-5,11-12,18H,2-3,6-10,13H2,1H3,(H,21,25). The fraction of sp³-hybridized carbons (Fsp3) is 0.526. The lowest BCUT2D eigenvalue weighted by molar-refractivity contribution is 0.122. The van der Waals surface area contributed by atoms with Gasteiger partial charge in [-0.2, -0.15) is 0 Å². The lowest BCUT2D eigenvalue weighted by Crippen LogP contribution is -2.37. The van der Waals surface area contributed by atoms with Crippen LogP contribution in [0.15, 0.2) is 29.2 Å². The van der Waals surface area contributed by atoms with Gasteiger partial charge >= 0.3 is 0 Å².